The molecule has 0 saturated carbocycles. The van der Waals surface area contributed by atoms with Crippen molar-refractivity contribution in [1.29, 1.82) is 0 Å². The number of halogens is 4. The number of carbonyl (C=O) groups excluding carboxylic acids is 1. The van der Waals surface area contributed by atoms with Gasteiger partial charge in [0.05, 0.1) is 17.9 Å². The smallest absolute Gasteiger partial charge is 0.295 e. The number of nitrogens with one attached hydrogen (secondary N) is 1. The molecule has 0 bridgehead atoms. The molecular weight excluding hydrogens is 481 g/mol. The van der Waals surface area contributed by atoms with E-state index in [2.05, 4.69) is 27.9 Å². The molecule has 0 aliphatic rings. The standard InChI is InChI=1S/C17H16ClF2IN2O3/c1-9-7-11(21)3-6-14(9)22-16-12(4-5-13(19)15(16)20)17(25)23(18)26-10(2)8-24/h3-7,10,22,24H,8H2,1-2H3. The first-order valence-electron chi connectivity index (χ1n) is 7.53. The molecule has 2 rings (SSSR count). The van der Waals surface area contributed by atoms with Gasteiger partial charge in [-0.2, -0.15) is 0 Å². The summed E-state index contributed by atoms with van der Waals surface area (Å²) in [6.45, 7) is 2.91. The summed E-state index contributed by atoms with van der Waals surface area (Å²) in [5.41, 5.74) is 0.716. The molecule has 0 aliphatic heterocycles. The largest absolute Gasteiger partial charge is 0.394 e. The van der Waals surface area contributed by atoms with Crippen LogP contribution in [0.4, 0.5) is 20.2 Å². The Labute approximate surface area is 168 Å². The van der Waals surface area contributed by atoms with Crippen molar-refractivity contribution in [3.8, 4) is 0 Å². The average molecular weight is 497 g/mol. The molecule has 9 heteroatoms. The van der Waals surface area contributed by atoms with E-state index < -0.39 is 23.6 Å². The number of hydroxylamine groups is 1. The van der Waals surface area contributed by atoms with Crippen LogP contribution in [0.25, 0.3) is 0 Å². The zero-order valence-electron chi connectivity index (χ0n) is 13.9. The van der Waals surface area contributed by atoms with E-state index in [0.29, 0.717) is 10.3 Å². The second-order valence-corrected chi connectivity index (χ2v) is 7.07. The van der Waals surface area contributed by atoms with Gasteiger partial charge in [0.1, 0.15) is 6.10 Å². The number of aliphatic hydroxyl groups excluding tert-OH is 1. The van der Waals surface area contributed by atoms with Crippen LogP contribution in [0.15, 0.2) is 30.3 Å². The molecule has 2 aromatic carbocycles. The van der Waals surface area contributed by atoms with Crippen molar-refractivity contribution in [2.75, 3.05) is 11.9 Å². The first-order chi connectivity index (χ1) is 12.2. The van der Waals surface area contributed by atoms with E-state index in [1.165, 1.54) is 6.92 Å². The Bertz CT molecular complexity index is 823. The molecule has 0 fully saturated rings. The Morgan fingerprint density at radius 1 is 1.38 bits per heavy atom. The topological polar surface area (TPSA) is 61.8 Å². The zero-order valence-corrected chi connectivity index (χ0v) is 16.8. The van der Waals surface area contributed by atoms with Gasteiger partial charge < -0.3 is 10.4 Å². The molecule has 2 aromatic rings. The molecule has 0 aromatic heterocycles. The number of aryl methyl sites for hydroxylation is 1. The Kier molecular flexibility index (Phi) is 7.16. The van der Waals surface area contributed by atoms with Crippen molar-refractivity contribution < 1.29 is 23.5 Å². The summed E-state index contributed by atoms with van der Waals surface area (Å²) in [6, 6.07) is 7.26. The van der Waals surface area contributed by atoms with Gasteiger partial charge in [0, 0.05) is 21.0 Å². The lowest BCUT2D eigenvalue weighted by atomic mass is 10.1. The number of aliphatic hydroxyl groups is 1. The Hall–Kier alpha value is -1.49. The number of carbonyl (C=O) groups is 1. The number of hydrogen-bond acceptors (Lipinski definition) is 4. The summed E-state index contributed by atoms with van der Waals surface area (Å²) in [6.07, 6.45) is -0.753. The molecule has 1 unspecified atom stereocenters. The molecule has 0 aliphatic carbocycles. The molecule has 0 spiro atoms. The summed E-state index contributed by atoms with van der Waals surface area (Å²) in [5.74, 6) is -3.23. The highest BCUT2D eigenvalue weighted by Gasteiger charge is 2.25. The number of benzene rings is 2. The minimum Gasteiger partial charge on any atom is -0.394 e. The zero-order chi connectivity index (χ0) is 19.4. The van der Waals surface area contributed by atoms with Crippen molar-refractivity contribution >= 4 is 51.6 Å². The fraction of sp³-hybridized carbons (Fsp3) is 0.235. The first kappa shape index (κ1) is 20.8. The molecule has 5 nitrogen and oxygen atoms in total. The van der Waals surface area contributed by atoms with Crippen LogP contribution < -0.4 is 5.32 Å². The van der Waals surface area contributed by atoms with Crippen LogP contribution in [0.2, 0.25) is 0 Å². The third kappa shape index (κ3) is 4.81. The fourth-order valence-electron chi connectivity index (χ4n) is 2.09. The van der Waals surface area contributed by atoms with Crippen molar-refractivity contribution in [1.82, 2.24) is 4.58 Å². The number of anilines is 2. The minimum absolute atomic E-state index is 0.220. The van der Waals surface area contributed by atoms with E-state index in [0.717, 1.165) is 21.3 Å². The van der Waals surface area contributed by atoms with Gasteiger partial charge in [-0.25, -0.2) is 13.6 Å². The van der Waals surface area contributed by atoms with Gasteiger partial charge in [0.15, 0.2) is 11.6 Å². The predicted octanol–water partition coefficient (Wildman–Crippen LogP) is 4.53. The number of rotatable bonds is 6. The third-order valence-electron chi connectivity index (χ3n) is 3.46. The van der Waals surface area contributed by atoms with Crippen LogP contribution in [0.5, 0.6) is 0 Å². The maximum atomic E-state index is 14.4. The highest BCUT2D eigenvalue weighted by atomic mass is 127. The second kappa shape index (κ2) is 8.94. The summed E-state index contributed by atoms with van der Waals surface area (Å²) >= 11 is 7.89. The van der Waals surface area contributed by atoms with Crippen molar-refractivity contribution in [3.05, 3.63) is 56.7 Å². The molecular formula is C17H16ClF2IN2O3. The van der Waals surface area contributed by atoms with Gasteiger partial charge in [-0.1, -0.05) is 0 Å². The Morgan fingerprint density at radius 3 is 2.69 bits per heavy atom. The highest BCUT2D eigenvalue weighted by molar-refractivity contribution is 14.1. The Balaban J connectivity index is 2.41. The van der Waals surface area contributed by atoms with E-state index >= 15 is 0 Å². The predicted molar refractivity (Wildman–Crippen MR) is 103 cm³/mol. The molecule has 26 heavy (non-hydrogen) atoms. The van der Waals surface area contributed by atoms with Crippen LogP contribution in [-0.2, 0) is 4.84 Å². The van der Waals surface area contributed by atoms with Gasteiger partial charge in [-0.3, -0.25) is 4.79 Å². The monoisotopic (exact) mass is 496 g/mol. The molecule has 1 atom stereocenters. The highest BCUT2D eigenvalue weighted by Crippen LogP contribution is 2.30. The molecule has 140 valence electrons. The van der Waals surface area contributed by atoms with Gasteiger partial charge in [-0.05, 0) is 72.3 Å². The molecule has 0 saturated heterocycles. The van der Waals surface area contributed by atoms with Gasteiger partial charge in [0.25, 0.3) is 5.91 Å². The van der Waals surface area contributed by atoms with E-state index in [-0.39, 0.29) is 17.9 Å². The SMILES string of the molecule is Cc1cc(I)ccc1Nc1c(C(=O)N(Cl)OC(C)CO)ccc(F)c1F. The van der Waals surface area contributed by atoms with Crippen molar-refractivity contribution in [2.24, 2.45) is 0 Å². The molecule has 0 heterocycles. The van der Waals surface area contributed by atoms with Crippen molar-refractivity contribution in [2.45, 2.75) is 20.0 Å². The van der Waals surface area contributed by atoms with Crippen LogP contribution in [0.3, 0.4) is 0 Å². The van der Waals surface area contributed by atoms with E-state index in [1.807, 2.05) is 6.07 Å². The van der Waals surface area contributed by atoms with Crippen LogP contribution in [0, 0.1) is 22.1 Å². The maximum absolute atomic E-state index is 14.4. The lowest BCUT2D eigenvalue weighted by Crippen LogP contribution is -2.29. The average Bonchev–Trinajstić information content (AvgIpc) is 2.60. The van der Waals surface area contributed by atoms with E-state index in [1.54, 1.807) is 19.1 Å². The van der Waals surface area contributed by atoms with E-state index in [4.69, 9.17) is 21.7 Å². The number of nitrogens with zero attached hydrogens (tertiary/aromatic N) is 1. The normalized spacial score (nSPS) is 12.0. The maximum Gasteiger partial charge on any atom is 0.295 e. The number of amides is 1. The van der Waals surface area contributed by atoms with Crippen LogP contribution in [0.1, 0.15) is 22.8 Å². The molecule has 1 amide bonds. The summed E-state index contributed by atoms with van der Waals surface area (Å²) in [5, 5.41) is 11.7. The van der Waals surface area contributed by atoms with Crippen LogP contribution >= 0.6 is 34.4 Å². The van der Waals surface area contributed by atoms with Crippen LogP contribution in [-0.4, -0.2) is 28.3 Å². The summed E-state index contributed by atoms with van der Waals surface area (Å²) in [7, 11) is 0. The minimum atomic E-state index is -1.21. The fourth-order valence-corrected chi connectivity index (χ4v) is 2.96. The lowest BCUT2D eigenvalue weighted by Gasteiger charge is -2.20. The summed E-state index contributed by atoms with van der Waals surface area (Å²) < 4.78 is 29.4. The quantitative estimate of drug-likeness (QED) is 0.351. The first-order valence-corrected chi connectivity index (χ1v) is 8.95. The van der Waals surface area contributed by atoms with E-state index in [9.17, 15) is 13.6 Å². The van der Waals surface area contributed by atoms with Gasteiger partial charge >= 0.3 is 0 Å². The number of hydrogen-bond donors (Lipinski definition) is 2. The third-order valence-corrected chi connectivity index (χ3v) is 4.37. The molecule has 2 N–H and O–H groups in total. The second-order valence-electron chi connectivity index (χ2n) is 5.52. The Morgan fingerprint density at radius 2 is 2.08 bits per heavy atom. The van der Waals surface area contributed by atoms with Crippen molar-refractivity contribution in [3.63, 3.8) is 0 Å². The van der Waals surface area contributed by atoms with Gasteiger partial charge in [0.2, 0.25) is 0 Å². The molecule has 0 radical (unpaired) electrons. The van der Waals surface area contributed by atoms with Gasteiger partial charge in [-0.15, -0.1) is 4.58 Å². The lowest BCUT2D eigenvalue weighted by molar-refractivity contribution is -0.113. The summed E-state index contributed by atoms with van der Waals surface area (Å²) in [4.78, 5) is 17.5.